The summed E-state index contributed by atoms with van der Waals surface area (Å²) in [5, 5.41) is 0.565. The minimum absolute atomic E-state index is 0.0565. The van der Waals surface area contributed by atoms with E-state index < -0.39 is 7.37 Å². The molecule has 0 spiro atoms. The van der Waals surface area contributed by atoms with Gasteiger partial charge in [-0.1, -0.05) is 0 Å². The standard InChI is InChI=1S/C12H15O4P/c1-3-16-11-5-7-12(8-6-11)17(14,15-2)10-4-9-13/h4-8H,3,10H2,1-2H3. The summed E-state index contributed by atoms with van der Waals surface area (Å²) in [6, 6.07) is 6.84. The third kappa shape index (κ3) is 3.57. The van der Waals surface area contributed by atoms with E-state index in [0.717, 1.165) is 0 Å². The van der Waals surface area contributed by atoms with Gasteiger partial charge >= 0.3 is 0 Å². The Bertz CT molecular complexity index is 446. The highest BCUT2D eigenvalue weighted by Crippen LogP contribution is 2.44. The van der Waals surface area contributed by atoms with Crippen LogP contribution in [0, 0.1) is 0 Å². The van der Waals surface area contributed by atoms with Crippen LogP contribution in [0.5, 0.6) is 5.75 Å². The van der Waals surface area contributed by atoms with Gasteiger partial charge in [0.25, 0.3) is 0 Å². The molecule has 0 N–H and O–H groups in total. The molecule has 0 bridgehead atoms. The van der Waals surface area contributed by atoms with Crippen molar-refractivity contribution in [1.29, 1.82) is 0 Å². The lowest BCUT2D eigenvalue weighted by molar-refractivity contribution is 0.340. The van der Waals surface area contributed by atoms with Gasteiger partial charge in [-0.15, -0.1) is 0 Å². The molecule has 0 aliphatic rings. The number of allylic oxidation sites excluding steroid dienone is 1. The molecule has 1 aromatic rings. The average molecular weight is 254 g/mol. The molecule has 0 aromatic heterocycles. The van der Waals surface area contributed by atoms with Gasteiger partial charge in [-0.25, -0.2) is 4.79 Å². The molecule has 0 amide bonds. The average Bonchev–Trinajstić information content (AvgIpc) is 2.37. The molecular weight excluding hydrogens is 239 g/mol. The molecule has 0 fully saturated rings. The minimum atomic E-state index is -2.98. The molecule has 17 heavy (non-hydrogen) atoms. The molecule has 0 heterocycles. The Morgan fingerprint density at radius 1 is 1.35 bits per heavy atom. The van der Waals surface area contributed by atoms with Crippen molar-refractivity contribution < 1.29 is 18.6 Å². The molecule has 1 unspecified atom stereocenters. The molecule has 0 saturated carbocycles. The van der Waals surface area contributed by atoms with Crippen LogP contribution in [0.25, 0.3) is 0 Å². The third-order valence-corrected chi connectivity index (χ3v) is 4.59. The SMILES string of the molecule is CCOc1ccc(P(=O)(CC=C=O)OC)cc1. The first kappa shape index (κ1) is 13.7. The third-order valence-electron chi connectivity index (χ3n) is 2.25. The summed E-state index contributed by atoms with van der Waals surface area (Å²) < 4.78 is 22.7. The van der Waals surface area contributed by atoms with Crippen LogP contribution in [0.1, 0.15) is 6.92 Å². The summed E-state index contributed by atoms with van der Waals surface area (Å²) in [6.45, 7) is 2.47. The molecular formula is C12H15O4P. The Balaban J connectivity index is 2.96. The van der Waals surface area contributed by atoms with Gasteiger partial charge < -0.3 is 9.26 Å². The zero-order valence-electron chi connectivity index (χ0n) is 9.88. The number of rotatable bonds is 6. The molecule has 5 heteroatoms. The summed E-state index contributed by atoms with van der Waals surface area (Å²) in [7, 11) is -1.61. The first-order chi connectivity index (χ1) is 8.16. The minimum Gasteiger partial charge on any atom is -0.494 e. The lowest BCUT2D eigenvalue weighted by Crippen LogP contribution is -2.08. The Labute approximate surface area is 101 Å². The first-order valence-electron chi connectivity index (χ1n) is 5.24. The second-order valence-electron chi connectivity index (χ2n) is 3.29. The Morgan fingerprint density at radius 2 is 2.00 bits per heavy atom. The highest BCUT2D eigenvalue weighted by atomic mass is 31.2. The Hall–Kier alpha value is -1.34. The van der Waals surface area contributed by atoms with Crippen LogP contribution in [-0.2, 0) is 13.9 Å². The second kappa shape index (κ2) is 6.41. The zero-order valence-corrected chi connectivity index (χ0v) is 10.8. The van der Waals surface area contributed by atoms with Crippen LogP contribution in [-0.4, -0.2) is 25.8 Å². The molecule has 0 aliphatic heterocycles. The molecule has 1 aromatic carbocycles. The van der Waals surface area contributed by atoms with Crippen molar-refractivity contribution in [2.75, 3.05) is 19.9 Å². The quantitative estimate of drug-likeness (QED) is 0.575. The molecule has 1 rings (SSSR count). The van der Waals surface area contributed by atoms with Crippen molar-refractivity contribution in [2.24, 2.45) is 0 Å². The second-order valence-corrected chi connectivity index (χ2v) is 5.88. The van der Waals surface area contributed by atoms with Crippen LogP contribution >= 0.6 is 7.37 Å². The van der Waals surface area contributed by atoms with Crippen molar-refractivity contribution in [3.8, 4) is 5.75 Å². The Kier molecular flexibility index (Phi) is 5.17. The van der Waals surface area contributed by atoms with E-state index in [1.54, 1.807) is 30.2 Å². The summed E-state index contributed by atoms with van der Waals surface area (Å²) in [5.41, 5.74) is 0. The number of hydrogen-bond acceptors (Lipinski definition) is 4. The van der Waals surface area contributed by atoms with Crippen molar-refractivity contribution in [3.05, 3.63) is 30.3 Å². The van der Waals surface area contributed by atoms with Gasteiger partial charge in [0.05, 0.1) is 12.8 Å². The van der Waals surface area contributed by atoms with E-state index in [-0.39, 0.29) is 6.16 Å². The summed E-state index contributed by atoms with van der Waals surface area (Å²) >= 11 is 0. The fourth-order valence-electron chi connectivity index (χ4n) is 1.38. The lowest BCUT2D eigenvalue weighted by Gasteiger charge is -2.14. The van der Waals surface area contributed by atoms with Crippen LogP contribution in [0.2, 0.25) is 0 Å². The molecule has 1 atom stereocenters. The van der Waals surface area contributed by atoms with E-state index in [2.05, 4.69) is 0 Å². The van der Waals surface area contributed by atoms with E-state index in [0.29, 0.717) is 17.7 Å². The predicted octanol–water partition coefficient (Wildman–Crippen LogP) is 2.02. The van der Waals surface area contributed by atoms with Crippen molar-refractivity contribution >= 4 is 18.6 Å². The van der Waals surface area contributed by atoms with E-state index in [1.807, 2.05) is 6.92 Å². The maximum atomic E-state index is 12.3. The van der Waals surface area contributed by atoms with Crippen LogP contribution < -0.4 is 10.0 Å². The zero-order chi connectivity index (χ0) is 12.7. The van der Waals surface area contributed by atoms with Gasteiger partial charge in [-0.2, -0.15) is 0 Å². The molecule has 92 valence electrons. The highest BCUT2D eigenvalue weighted by molar-refractivity contribution is 7.67. The van der Waals surface area contributed by atoms with Gasteiger partial charge in [-0.3, -0.25) is 4.57 Å². The number of hydrogen-bond donors (Lipinski definition) is 0. The topological polar surface area (TPSA) is 52.6 Å². The summed E-state index contributed by atoms with van der Waals surface area (Å²) in [4.78, 5) is 10.2. The van der Waals surface area contributed by atoms with Crippen molar-refractivity contribution in [2.45, 2.75) is 6.92 Å². The van der Waals surface area contributed by atoms with Crippen molar-refractivity contribution in [1.82, 2.24) is 0 Å². The van der Waals surface area contributed by atoms with Crippen molar-refractivity contribution in [3.63, 3.8) is 0 Å². The van der Waals surface area contributed by atoms with Gasteiger partial charge in [0, 0.05) is 18.5 Å². The smallest absolute Gasteiger partial charge is 0.236 e. The fourth-order valence-corrected chi connectivity index (χ4v) is 2.87. The fraction of sp³-hybridized carbons (Fsp3) is 0.333. The van der Waals surface area contributed by atoms with E-state index in [9.17, 15) is 9.36 Å². The molecule has 0 radical (unpaired) electrons. The predicted molar refractivity (Wildman–Crippen MR) is 67.0 cm³/mol. The van der Waals surface area contributed by atoms with E-state index in [4.69, 9.17) is 9.26 Å². The normalized spacial score (nSPS) is 13.5. The maximum Gasteiger partial charge on any atom is 0.236 e. The number of benzene rings is 1. The first-order valence-corrected chi connectivity index (χ1v) is 7.05. The van der Waals surface area contributed by atoms with E-state index in [1.165, 1.54) is 13.2 Å². The van der Waals surface area contributed by atoms with Crippen LogP contribution in [0.3, 0.4) is 0 Å². The van der Waals surface area contributed by atoms with Crippen LogP contribution in [0.15, 0.2) is 30.3 Å². The monoisotopic (exact) mass is 254 g/mol. The largest absolute Gasteiger partial charge is 0.494 e. The van der Waals surface area contributed by atoms with Gasteiger partial charge in [0.1, 0.15) is 11.7 Å². The summed E-state index contributed by atoms with van der Waals surface area (Å²) in [6.07, 6.45) is 1.24. The number of carbonyl (C=O) groups excluding carboxylic acids is 1. The molecule has 0 aliphatic carbocycles. The Morgan fingerprint density at radius 3 is 2.47 bits per heavy atom. The highest BCUT2D eigenvalue weighted by Gasteiger charge is 2.22. The molecule has 4 nitrogen and oxygen atoms in total. The van der Waals surface area contributed by atoms with Gasteiger partial charge in [-0.05, 0) is 31.2 Å². The van der Waals surface area contributed by atoms with Gasteiger partial charge in [0.15, 0.2) is 0 Å². The lowest BCUT2D eigenvalue weighted by atomic mass is 10.3. The maximum absolute atomic E-state index is 12.3. The number of ether oxygens (including phenoxy) is 1. The van der Waals surface area contributed by atoms with Crippen LogP contribution in [0.4, 0.5) is 0 Å². The molecule has 0 saturated heterocycles. The van der Waals surface area contributed by atoms with Gasteiger partial charge in [0.2, 0.25) is 7.37 Å². The van der Waals surface area contributed by atoms with E-state index >= 15 is 0 Å². The summed E-state index contributed by atoms with van der Waals surface area (Å²) in [5.74, 6) is 2.32.